The molecule has 0 atom stereocenters. The molecule has 1 amide bonds. The Morgan fingerprint density at radius 3 is 2.76 bits per heavy atom. The van der Waals surface area contributed by atoms with Gasteiger partial charge in [0.2, 0.25) is 5.91 Å². The number of thioether (sulfide) groups is 1. The Balaban J connectivity index is 0.00000220. The molecule has 0 aliphatic heterocycles. The lowest BCUT2D eigenvalue weighted by Gasteiger charge is -2.13. The first-order valence-corrected chi connectivity index (χ1v) is 8.27. The second kappa shape index (κ2) is 8.89. The number of carbonyl (C=O) groups excluding carboxylic acids is 1. The Hall–Kier alpha value is -0.420. The van der Waals surface area contributed by atoms with Crippen LogP contribution in [0, 0.1) is 5.92 Å². The molecule has 118 valence electrons. The van der Waals surface area contributed by atoms with E-state index in [0.717, 1.165) is 23.0 Å². The van der Waals surface area contributed by atoms with Gasteiger partial charge in [0.05, 0.1) is 12.2 Å². The Labute approximate surface area is 142 Å². The number of carbonyl (C=O) groups is 1. The van der Waals surface area contributed by atoms with Gasteiger partial charge in [-0.05, 0) is 43.5 Å². The summed E-state index contributed by atoms with van der Waals surface area (Å²) < 4.78 is 0. The van der Waals surface area contributed by atoms with Crippen LogP contribution < -0.4 is 10.6 Å². The second-order valence-corrected chi connectivity index (χ2v) is 7.48. The van der Waals surface area contributed by atoms with Crippen molar-refractivity contribution in [2.45, 2.75) is 36.8 Å². The Morgan fingerprint density at radius 2 is 2.14 bits per heavy atom. The van der Waals surface area contributed by atoms with Crippen LogP contribution in [0.1, 0.15) is 26.7 Å². The van der Waals surface area contributed by atoms with E-state index in [2.05, 4.69) is 24.5 Å². The number of anilines is 1. The minimum absolute atomic E-state index is 0. The summed E-state index contributed by atoms with van der Waals surface area (Å²) in [5.41, 5.74) is 0.800. The fourth-order valence-electron chi connectivity index (χ4n) is 1.86. The molecule has 0 unspecified atom stereocenters. The van der Waals surface area contributed by atoms with Crippen molar-refractivity contribution in [2.75, 3.05) is 18.4 Å². The minimum atomic E-state index is -0.0153. The molecule has 0 bridgehead atoms. The van der Waals surface area contributed by atoms with Crippen LogP contribution in [0.5, 0.6) is 0 Å². The summed E-state index contributed by atoms with van der Waals surface area (Å²) in [5, 5.41) is 7.23. The molecule has 0 saturated heterocycles. The smallest absolute Gasteiger partial charge is 0.238 e. The quantitative estimate of drug-likeness (QED) is 0.725. The summed E-state index contributed by atoms with van der Waals surface area (Å²) >= 11 is 7.74. The van der Waals surface area contributed by atoms with E-state index in [1.54, 1.807) is 11.8 Å². The van der Waals surface area contributed by atoms with E-state index in [-0.39, 0.29) is 18.3 Å². The molecule has 2 rings (SSSR count). The van der Waals surface area contributed by atoms with Crippen molar-refractivity contribution in [3.05, 3.63) is 23.2 Å². The molecule has 0 aromatic heterocycles. The molecule has 3 nitrogen and oxygen atoms in total. The van der Waals surface area contributed by atoms with Crippen molar-refractivity contribution in [3.63, 3.8) is 0 Å². The van der Waals surface area contributed by atoms with Crippen LogP contribution in [0.3, 0.4) is 0 Å². The third-order valence-electron chi connectivity index (χ3n) is 2.99. The predicted molar refractivity (Wildman–Crippen MR) is 93.9 cm³/mol. The van der Waals surface area contributed by atoms with Crippen LogP contribution in [0.25, 0.3) is 0 Å². The predicted octanol–water partition coefficient (Wildman–Crippen LogP) is 4.20. The number of nitrogens with one attached hydrogen (secondary N) is 2. The highest BCUT2D eigenvalue weighted by atomic mass is 35.5. The van der Waals surface area contributed by atoms with Crippen molar-refractivity contribution >= 4 is 47.4 Å². The number of halogens is 2. The average Bonchev–Trinajstić information content (AvgIpc) is 3.16. The molecule has 1 fully saturated rings. The van der Waals surface area contributed by atoms with Gasteiger partial charge in [0, 0.05) is 15.2 Å². The molecule has 1 aliphatic rings. The molecule has 1 saturated carbocycles. The first kappa shape index (κ1) is 18.6. The second-order valence-electron chi connectivity index (χ2n) is 5.43. The van der Waals surface area contributed by atoms with Gasteiger partial charge >= 0.3 is 0 Å². The fourth-order valence-corrected chi connectivity index (χ4v) is 2.93. The van der Waals surface area contributed by atoms with Crippen LogP contribution in [-0.4, -0.2) is 24.2 Å². The molecular weight excluding hydrogens is 327 g/mol. The number of rotatable bonds is 7. The Kier molecular flexibility index (Phi) is 7.88. The maximum absolute atomic E-state index is 11.9. The summed E-state index contributed by atoms with van der Waals surface area (Å²) in [5.74, 6) is 0.763. The van der Waals surface area contributed by atoms with E-state index in [1.165, 1.54) is 12.8 Å². The summed E-state index contributed by atoms with van der Waals surface area (Å²) in [7, 11) is 0. The molecule has 21 heavy (non-hydrogen) atoms. The van der Waals surface area contributed by atoms with Crippen molar-refractivity contribution in [3.8, 4) is 0 Å². The van der Waals surface area contributed by atoms with Gasteiger partial charge in [0.25, 0.3) is 0 Å². The standard InChI is InChI=1S/C15H21ClN2OS.ClH/c1-10(2)20-14-6-5-12(16)7-13(14)18-15(19)9-17-8-11-3-4-11;/h5-7,10-11,17H,3-4,8-9H2,1-2H3,(H,18,19);1H. The average molecular weight is 349 g/mol. The summed E-state index contributed by atoms with van der Waals surface area (Å²) in [6, 6.07) is 5.62. The lowest BCUT2D eigenvalue weighted by atomic mass is 10.3. The number of hydrogen-bond acceptors (Lipinski definition) is 3. The lowest BCUT2D eigenvalue weighted by molar-refractivity contribution is -0.115. The van der Waals surface area contributed by atoms with Crippen LogP contribution in [0.2, 0.25) is 5.02 Å². The van der Waals surface area contributed by atoms with Gasteiger partial charge < -0.3 is 10.6 Å². The first-order valence-electron chi connectivity index (χ1n) is 7.01. The Bertz CT molecular complexity index is 479. The highest BCUT2D eigenvalue weighted by Gasteiger charge is 2.20. The maximum Gasteiger partial charge on any atom is 0.238 e. The summed E-state index contributed by atoms with van der Waals surface area (Å²) in [6.07, 6.45) is 2.58. The third kappa shape index (κ3) is 6.92. The van der Waals surface area contributed by atoms with Crippen LogP contribution >= 0.6 is 35.8 Å². The molecule has 0 heterocycles. The molecule has 0 spiro atoms. The third-order valence-corrected chi connectivity index (χ3v) is 4.31. The van der Waals surface area contributed by atoms with E-state index in [9.17, 15) is 4.79 Å². The van der Waals surface area contributed by atoms with Gasteiger partial charge in [-0.2, -0.15) is 0 Å². The molecule has 1 aromatic carbocycles. The lowest BCUT2D eigenvalue weighted by Crippen LogP contribution is -2.29. The number of benzene rings is 1. The van der Waals surface area contributed by atoms with E-state index < -0.39 is 0 Å². The maximum atomic E-state index is 11.9. The number of hydrogen-bond donors (Lipinski definition) is 2. The minimum Gasteiger partial charge on any atom is -0.324 e. The largest absolute Gasteiger partial charge is 0.324 e. The van der Waals surface area contributed by atoms with Gasteiger partial charge in [-0.3, -0.25) is 4.79 Å². The van der Waals surface area contributed by atoms with Gasteiger partial charge in [0.15, 0.2) is 0 Å². The van der Waals surface area contributed by atoms with E-state index in [0.29, 0.717) is 16.8 Å². The molecule has 1 aliphatic carbocycles. The normalized spacial score (nSPS) is 13.9. The molecule has 1 aromatic rings. The molecule has 2 N–H and O–H groups in total. The van der Waals surface area contributed by atoms with Crippen LogP contribution in [-0.2, 0) is 4.79 Å². The monoisotopic (exact) mass is 348 g/mol. The zero-order valence-electron chi connectivity index (χ0n) is 12.3. The zero-order chi connectivity index (χ0) is 14.5. The summed E-state index contributed by atoms with van der Waals surface area (Å²) in [4.78, 5) is 13.0. The van der Waals surface area contributed by atoms with Gasteiger partial charge in [-0.1, -0.05) is 25.4 Å². The van der Waals surface area contributed by atoms with E-state index >= 15 is 0 Å². The topological polar surface area (TPSA) is 41.1 Å². The van der Waals surface area contributed by atoms with Gasteiger partial charge in [-0.15, -0.1) is 24.2 Å². The summed E-state index contributed by atoms with van der Waals surface area (Å²) in [6.45, 7) is 5.55. The van der Waals surface area contributed by atoms with Crippen molar-refractivity contribution < 1.29 is 4.79 Å². The van der Waals surface area contributed by atoms with Gasteiger partial charge in [0.1, 0.15) is 0 Å². The highest BCUT2D eigenvalue weighted by Crippen LogP contribution is 2.32. The van der Waals surface area contributed by atoms with Crippen LogP contribution in [0.15, 0.2) is 23.1 Å². The fraction of sp³-hybridized carbons (Fsp3) is 0.533. The molecule has 0 radical (unpaired) electrons. The van der Waals surface area contributed by atoms with Gasteiger partial charge in [-0.25, -0.2) is 0 Å². The molecular formula is C15H22Cl2N2OS. The van der Waals surface area contributed by atoms with Crippen molar-refractivity contribution in [2.24, 2.45) is 5.92 Å². The van der Waals surface area contributed by atoms with Crippen LogP contribution in [0.4, 0.5) is 5.69 Å². The first-order chi connectivity index (χ1) is 9.54. The Morgan fingerprint density at radius 1 is 1.43 bits per heavy atom. The van der Waals surface area contributed by atoms with Crippen molar-refractivity contribution in [1.82, 2.24) is 5.32 Å². The zero-order valence-corrected chi connectivity index (χ0v) is 14.7. The van der Waals surface area contributed by atoms with Crippen molar-refractivity contribution in [1.29, 1.82) is 0 Å². The SMILES string of the molecule is CC(C)Sc1ccc(Cl)cc1NC(=O)CNCC1CC1.Cl. The van der Waals surface area contributed by atoms with E-state index in [4.69, 9.17) is 11.6 Å². The van der Waals surface area contributed by atoms with E-state index in [1.807, 2.05) is 18.2 Å². The number of amides is 1. The molecule has 6 heteroatoms. The highest BCUT2D eigenvalue weighted by molar-refractivity contribution is 8.00.